The minimum absolute atomic E-state index is 0.139. The summed E-state index contributed by atoms with van der Waals surface area (Å²) in [5, 5.41) is 13.3. The van der Waals surface area contributed by atoms with Crippen LogP contribution in [0.15, 0.2) is 17.4 Å². The summed E-state index contributed by atoms with van der Waals surface area (Å²) in [5.41, 5.74) is 0.860. The number of nitrogens with one attached hydrogen (secondary N) is 1. The molecule has 8 heteroatoms. The fraction of sp³-hybridized carbons (Fsp3) is 0.385. The summed E-state index contributed by atoms with van der Waals surface area (Å²) < 4.78 is 16.9. The first-order valence-corrected chi connectivity index (χ1v) is 7.99. The fourth-order valence-corrected chi connectivity index (χ4v) is 2.58. The van der Waals surface area contributed by atoms with Gasteiger partial charge >= 0.3 is 0 Å². The highest BCUT2D eigenvalue weighted by molar-refractivity contribution is 7.84. The number of nitriles is 1. The molecule has 2 atom stereocenters. The molecule has 1 N–H and O–H groups in total. The Morgan fingerprint density at radius 2 is 2.38 bits per heavy atom. The van der Waals surface area contributed by atoms with Gasteiger partial charge in [-0.15, -0.1) is 0 Å². The summed E-state index contributed by atoms with van der Waals surface area (Å²) in [6.07, 6.45) is 3.96. The average Bonchev–Trinajstić information content (AvgIpc) is 2.99. The second kappa shape index (κ2) is 5.71. The predicted molar refractivity (Wildman–Crippen MR) is 77.2 cm³/mol. The van der Waals surface area contributed by atoms with Gasteiger partial charge in [0.05, 0.1) is 23.4 Å². The zero-order valence-corrected chi connectivity index (χ0v) is 12.2. The molecule has 1 unspecified atom stereocenters. The number of pyridine rings is 1. The van der Waals surface area contributed by atoms with Crippen LogP contribution in [0.5, 0.6) is 0 Å². The maximum absolute atomic E-state index is 11.5. The van der Waals surface area contributed by atoms with Crippen LogP contribution in [0.3, 0.4) is 0 Å². The van der Waals surface area contributed by atoms with Gasteiger partial charge in [0.2, 0.25) is 5.16 Å². The van der Waals surface area contributed by atoms with E-state index in [1.807, 2.05) is 6.07 Å². The zero-order chi connectivity index (χ0) is 14.8. The minimum atomic E-state index is -1.27. The molecule has 0 aliphatic carbocycles. The monoisotopic (exact) mass is 303 g/mol. The van der Waals surface area contributed by atoms with Gasteiger partial charge in [-0.05, 0) is 12.5 Å². The Balaban J connectivity index is 2.11. The van der Waals surface area contributed by atoms with E-state index < -0.39 is 10.8 Å². The summed E-state index contributed by atoms with van der Waals surface area (Å²) in [4.78, 5) is 12.6. The lowest BCUT2D eigenvalue weighted by atomic mass is 10.2. The fourth-order valence-electron chi connectivity index (χ4n) is 2.16. The molecule has 1 aliphatic heterocycles. The zero-order valence-electron chi connectivity index (χ0n) is 11.4. The van der Waals surface area contributed by atoms with Gasteiger partial charge in [0.1, 0.15) is 17.3 Å². The quantitative estimate of drug-likeness (QED) is 0.838. The second-order valence-corrected chi connectivity index (χ2v) is 5.99. The topological polar surface area (TPSA) is 101 Å². The van der Waals surface area contributed by atoms with E-state index in [0.29, 0.717) is 29.9 Å². The Labute approximate surface area is 123 Å². The lowest BCUT2D eigenvalue weighted by molar-refractivity contribution is 0.195. The van der Waals surface area contributed by atoms with Crippen LogP contribution in [0, 0.1) is 11.3 Å². The average molecular weight is 303 g/mol. The molecule has 0 spiro atoms. The van der Waals surface area contributed by atoms with Gasteiger partial charge in [-0.1, -0.05) is 0 Å². The highest BCUT2D eigenvalue weighted by Crippen LogP contribution is 2.23. The van der Waals surface area contributed by atoms with Crippen LogP contribution in [0.2, 0.25) is 0 Å². The summed E-state index contributed by atoms with van der Waals surface area (Å²) in [7, 11) is -1.27. The largest absolute Gasteiger partial charge is 0.379 e. The van der Waals surface area contributed by atoms with Gasteiger partial charge in [-0.25, -0.2) is 15.0 Å². The van der Waals surface area contributed by atoms with E-state index in [1.165, 1.54) is 6.26 Å². The Morgan fingerprint density at radius 3 is 3.05 bits per heavy atom. The Bertz CT molecular complexity index is 752. The number of anilines is 1. The van der Waals surface area contributed by atoms with E-state index in [4.69, 9.17) is 10.00 Å². The molecule has 3 heterocycles. The van der Waals surface area contributed by atoms with Crippen LogP contribution < -0.4 is 5.32 Å². The molecule has 1 saturated heterocycles. The van der Waals surface area contributed by atoms with Gasteiger partial charge < -0.3 is 10.1 Å². The number of aromatic nitrogens is 3. The Morgan fingerprint density at radius 1 is 1.52 bits per heavy atom. The third-order valence-electron chi connectivity index (χ3n) is 3.19. The maximum Gasteiger partial charge on any atom is 0.218 e. The third-order valence-corrected chi connectivity index (χ3v) is 3.90. The maximum atomic E-state index is 11.5. The van der Waals surface area contributed by atoms with Crippen molar-refractivity contribution in [2.45, 2.75) is 17.6 Å². The molecule has 21 heavy (non-hydrogen) atoms. The van der Waals surface area contributed by atoms with E-state index in [-0.39, 0.29) is 16.9 Å². The number of fused-ring (bicyclic) bond motifs is 1. The number of hydrogen-bond donors (Lipinski definition) is 1. The number of nitrogens with zero attached hydrogens (tertiary/aromatic N) is 4. The molecule has 0 amide bonds. The first kappa shape index (κ1) is 13.9. The van der Waals surface area contributed by atoms with Crippen LogP contribution in [0.1, 0.15) is 12.1 Å². The highest BCUT2D eigenvalue weighted by atomic mass is 32.2. The Kier molecular flexibility index (Phi) is 3.77. The molecule has 2 aromatic heterocycles. The van der Waals surface area contributed by atoms with Gasteiger partial charge in [0.25, 0.3) is 0 Å². The van der Waals surface area contributed by atoms with Crippen LogP contribution in [0.25, 0.3) is 10.9 Å². The highest BCUT2D eigenvalue weighted by Gasteiger charge is 2.18. The van der Waals surface area contributed by atoms with Crippen molar-refractivity contribution in [1.82, 2.24) is 15.0 Å². The Hall–Kier alpha value is -2.11. The predicted octanol–water partition coefficient (Wildman–Crippen LogP) is 0.835. The van der Waals surface area contributed by atoms with Crippen molar-refractivity contribution >= 4 is 27.5 Å². The van der Waals surface area contributed by atoms with Crippen LogP contribution in [0.4, 0.5) is 5.82 Å². The number of ether oxygens (including phenoxy) is 1. The van der Waals surface area contributed by atoms with Gasteiger partial charge in [-0.3, -0.25) is 4.21 Å². The van der Waals surface area contributed by atoms with E-state index in [9.17, 15) is 4.21 Å². The normalized spacial score (nSPS) is 19.3. The number of rotatable bonds is 3. The van der Waals surface area contributed by atoms with E-state index in [2.05, 4.69) is 20.3 Å². The smallest absolute Gasteiger partial charge is 0.218 e. The van der Waals surface area contributed by atoms with Crippen molar-refractivity contribution in [1.29, 1.82) is 5.26 Å². The SMILES string of the molecule is CS(=O)c1ncc2cc(C#N)nc(N[C@@H]3CCOC3)c2n1. The van der Waals surface area contributed by atoms with Crippen molar-refractivity contribution < 1.29 is 8.95 Å². The van der Waals surface area contributed by atoms with Crippen molar-refractivity contribution in [2.24, 2.45) is 0 Å². The van der Waals surface area contributed by atoms with Gasteiger partial charge in [-0.2, -0.15) is 5.26 Å². The van der Waals surface area contributed by atoms with E-state index in [0.717, 1.165) is 6.42 Å². The van der Waals surface area contributed by atoms with E-state index >= 15 is 0 Å². The van der Waals surface area contributed by atoms with Crippen LogP contribution >= 0.6 is 0 Å². The lowest BCUT2D eigenvalue weighted by Crippen LogP contribution is -2.20. The molecule has 1 aliphatic rings. The molecular weight excluding hydrogens is 290 g/mol. The molecule has 7 nitrogen and oxygen atoms in total. The summed E-state index contributed by atoms with van der Waals surface area (Å²) in [6, 6.07) is 3.78. The minimum Gasteiger partial charge on any atom is -0.379 e. The summed E-state index contributed by atoms with van der Waals surface area (Å²) in [5.74, 6) is 0.508. The van der Waals surface area contributed by atoms with Crippen LogP contribution in [-0.2, 0) is 15.5 Å². The molecule has 0 radical (unpaired) electrons. The van der Waals surface area contributed by atoms with Crippen molar-refractivity contribution in [3.63, 3.8) is 0 Å². The standard InChI is InChI=1S/C13H13N5O2S/c1-21(19)13-15-6-8-4-10(5-14)17-12(11(8)18-13)16-9-2-3-20-7-9/h4,6,9H,2-3,7H2,1H3,(H,16,17)/t9-,21?/m1/s1. The third kappa shape index (κ3) is 2.84. The molecule has 2 aromatic rings. The van der Waals surface area contributed by atoms with Gasteiger partial charge in [0, 0.05) is 24.4 Å². The van der Waals surface area contributed by atoms with Crippen molar-refractivity contribution in [2.75, 3.05) is 24.8 Å². The number of hydrogen-bond acceptors (Lipinski definition) is 7. The molecule has 0 aromatic carbocycles. The second-order valence-electron chi connectivity index (χ2n) is 4.72. The summed E-state index contributed by atoms with van der Waals surface area (Å²) >= 11 is 0. The first-order chi connectivity index (χ1) is 10.2. The molecule has 1 fully saturated rings. The molecular formula is C13H13N5O2S. The van der Waals surface area contributed by atoms with E-state index in [1.54, 1.807) is 12.3 Å². The molecule has 108 valence electrons. The van der Waals surface area contributed by atoms with Crippen LogP contribution in [-0.4, -0.2) is 44.7 Å². The van der Waals surface area contributed by atoms with Crippen molar-refractivity contribution in [3.05, 3.63) is 18.0 Å². The van der Waals surface area contributed by atoms with Crippen molar-refractivity contribution in [3.8, 4) is 6.07 Å². The summed E-state index contributed by atoms with van der Waals surface area (Å²) in [6.45, 7) is 1.30. The molecule has 0 saturated carbocycles. The first-order valence-electron chi connectivity index (χ1n) is 6.43. The molecule has 0 bridgehead atoms. The van der Waals surface area contributed by atoms with Gasteiger partial charge in [0.15, 0.2) is 5.82 Å². The molecule has 3 rings (SSSR count). The lowest BCUT2D eigenvalue weighted by Gasteiger charge is -2.13.